The number of hydrogen-bond donors (Lipinski definition) is 2. The predicted molar refractivity (Wildman–Crippen MR) is 114 cm³/mol. The molecule has 0 amide bonds. The van der Waals surface area contributed by atoms with Crippen LogP contribution in [0.25, 0.3) is 0 Å². The van der Waals surface area contributed by atoms with Crippen LogP contribution >= 0.6 is 0 Å². The monoisotopic (exact) mass is 482 g/mol. The number of carboxylic acids is 1. The summed E-state index contributed by atoms with van der Waals surface area (Å²) in [5.41, 5.74) is 0.0180. The van der Waals surface area contributed by atoms with Gasteiger partial charge in [0.15, 0.2) is 24.6 Å². The Bertz CT molecular complexity index is 884. The highest BCUT2D eigenvalue weighted by molar-refractivity contribution is 5.86. The quantitative estimate of drug-likeness (QED) is 0.267. The number of nitrogens with zero attached hydrogens (tertiary/aromatic N) is 1. The standard InChI is InChI=1S/C23H31NO10/c1-5-16(6-2)33-23(30)17(26)10-19(27)31-12-18-13(3)20(32-14(4)25)21(34-18)24-9-7-8-15(11-24)22(28)29/h7-9,11,13,16-18,20-21,26H,5-6,10,12H2,1-4H3/p+1/t13-,17+,18-,20-,21-/m1/s1. The molecule has 0 bridgehead atoms. The van der Waals surface area contributed by atoms with Gasteiger partial charge in [-0.2, -0.15) is 4.57 Å². The number of esters is 3. The van der Waals surface area contributed by atoms with E-state index in [2.05, 4.69) is 0 Å². The zero-order chi connectivity index (χ0) is 25.4. The Morgan fingerprint density at radius 2 is 1.88 bits per heavy atom. The van der Waals surface area contributed by atoms with Gasteiger partial charge in [-0.15, -0.1) is 0 Å². The summed E-state index contributed by atoms with van der Waals surface area (Å²) in [6, 6.07) is 2.94. The fourth-order valence-electron chi connectivity index (χ4n) is 3.59. The lowest BCUT2D eigenvalue weighted by Crippen LogP contribution is -2.46. The number of aromatic carboxylic acids is 1. The number of rotatable bonds is 11. The molecule has 0 radical (unpaired) electrons. The Labute approximate surface area is 197 Å². The first kappa shape index (κ1) is 27.2. The smallest absolute Gasteiger partial charge is 0.341 e. The molecule has 0 aromatic carbocycles. The van der Waals surface area contributed by atoms with Crippen molar-refractivity contribution in [1.82, 2.24) is 0 Å². The van der Waals surface area contributed by atoms with Gasteiger partial charge in [0.05, 0.1) is 6.42 Å². The fourth-order valence-corrected chi connectivity index (χ4v) is 3.59. The average Bonchev–Trinajstić information content (AvgIpc) is 3.10. The maximum atomic E-state index is 12.2. The molecule has 1 aromatic heterocycles. The van der Waals surface area contributed by atoms with Crippen molar-refractivity contribution in [3.05, 3.63) is 30.1 Å². The Kier molecular flexibility index (Phi) is 9.94. The van der Waals surface area contributed by atoms with Gasteiger partial charge in [-0.1, -0.05) is 20.8 Å². The number of ether oxygens (including phenoxy) is 4. The largest absolute Gasteiger partial charge is 0.477 e. The molecule has 2 N–H and O–H groups in total. The minimum Gasteiger partial charge on any atom is -0.477 e. The molecular weight excluding hydrogens is 450 g/mol. The van der Waals surface area contributed by atoms with Crippen molar-refractivity contribution < 1.29 is 52.9 Å². The predicted octanol–water partition coefficient (Wildman–Crippen LogP) is 1.16. The van der Waals surface area contributed by atoms with Crippen molar-refractivity contribution in [2.24, 2.45) is 5.92 Å². The maximum Gasteiger partial charge on any atom is 0.341 e. The van der Waals surface area contributed by atoms with Gasteiger partial charge in [0.1, 0.15) is 24.4 Å². The summed E-state index contributed by atoms with van der Waals surface area (Å²) < 4.78 is 23.2. The summed E-state index contributed by atoms with van der Waals surface area (Å²) in [6.07, 6.45) is -0.742. The van der Waals surface area contributed by atoms with Crippen LogP contribution in [0, 0.1) is 5.92 Å². The molecule has 0 saturated carbocycles. The van der Waals surface area contributed by atoms with E-state index in [0.29, 0.717) is 12.8 Å². The Balaban J connectivity index is 2.02. The number of hydrogen-bond acceptors (Lipinski definition) is 9. The van der Waals surface area contributed by atoms with Crippen LogP contribution in [-0.4, -0.2) is 65.1 Å². The van der Waals surface area contributed by atoms with Crippen molar-refractivity contribution in [3.8, 4) is 0 Å². The number of carbonyl (C=O) groups excluding carboxylic acids is 3. The third-order valence-corrected chi connectivity index (χ3v) is 5.60. The Morgan fingerprint density at radius 1 is 1.21 bits per heavy atom. The third-order valence-electron chi connectivity index (χ3n) is 5.60. The molecule has 0 unspecified atom stereocenters. The average molecular weight is 483 g/mol. The van der Waals surface area contributed by atoms with Gasteiger partial charge in [-0.05, 0) is 18.9 Å². The van der Waals surface area contributed by atoms with Gasteiger partial charge in [0, 0.05) is 18.9 Å². The van der Waals surface area contributed by atoms with Crippen LogP contribution in [0.4, 0.5) is 0 Å². The zero-order valence-corrected chi connectivity index (χ0v) is 19.7. The summed E-state index contributed by atoms with van der Waals surface area (Å²) in [5.74, 6) is -3.79. The molecule has 1 aliphatic rings. The molecule has 2 heterocycles. The lowest BCUT2D eigenvalue weighted by atomic mass is 10.0. The van der Waals surface area contributed by atoms with Gasteiger partial charge in [-0.25, -0.2) is 9.59 Å². The lowest BCUT2D eigenvalue weighted by Gasteiger charge is -2.18. The van der Waals surface area contributed by atoms with Crippen LogP contribution < -0.4 is 4.57 Å². The Hall–Kier alpha value is -3.05. The van der Waals surface area contributed by atoms with E-state index in [9.17, 15) is 29.4 Å². The van der Waals surface area contributed by atoms with Crippen molar-refractivity contribution >= 4 is 23.9 Å². The molecule has 1 aliphatic heterocycles. The highest BCUT2D eigenvalue weighted by atomic mass is 16.6. The van der Waals surface area contributed by atoms with Crippen molar-refractivity contribution in [2.45, 2.75) is 77.6 Å². The molecule has 5 atom stereocenters. The highest BCUT2D eigenvalue weighted by Crippen LogP contribution is 2.33. The number of carbonyl (C=O) groups is 4. The molecule has 2 rings (SSSR count). The SMILES string of the molecule is CCC(CC)OC(=O)[C@@H](O)CC(=O)OC[C@H]1O[C@@H]([n+]2cccc(C(=O)O)c2)[C@H](OC(C)=O)[C@@H]1C. The van der Waals surface area contributed by atoms with Crippen LogP contribution in [0.15, 0.2) is 24.5 Å². The second-order valence-electron chi connectivity index (χ2n) is 8.12. The van der Waals surface area contributed by atoms with E-state index in [1.54, 1.807) is 13.1 Å². The van der Waals surface area contributed by atoms with Crippen LogP contribution in [0.2, 0.25) is 0 Å². The first-order valence-electron chi connectivity index (χ1n) is 11.2. The Morgan fingerprint density at radius 3 is 2.47 bits per heavy atom. The highest BCUT2D eigenvalue weighted by Gasteiger charge is 2.50. The number of aromatic nitrogens is 1. The second kappa shape index (κ2) is 12.4. The molecule has 0 spiro atoms. The van der Waals surface area contributed by atoms with Crippen LogP contribution in [-0.2, 0) is 33.3 Å². The van der Waals surface area contributed by atoms with Crippen molar-refractivity contribution in [3.63, 3.8) is 0 Å². The van der Waals surface area contributed by atoms with E-state index in [4.69, 9.17) is 18.9 Å². The van der Waals surface area contributed by atoms with E-state index >= 15 is 0 Å². The summed E-state index contributed by atoms with van der Waals surface area (Å²) in [4.78, 5) is 47.1. The second-order valence-corrected chi connectivity index (χ2v) is 8.12. The first-order chi connectivity index (χ1) is 16.1. The van der Waals surface area contributed by atoms with E-state index in [1.807, 2.05) is 13.8 Å². The molecule has 34 heavy (non-hydrogen) atoms. The van der Waals surface area contributed by atoms with Gasteiger partial charge >= 0.3 is 30.1 Å². The molecule has 1 saturated heterocycles. The van der Waals surface area contributed by atoms with Crippen molar-refractivity contribution in [1.29, 1.82) is 0 Å². The van der Waals surface area contributed by atoms with Gasteiger partial charge in [0.25, 0.3) is 0 Å². The van der Waals surface area contributed by atoms with Gasteiger partial charge in [-0.3, -0.25) is 9.59 Å². The van der Waals surface area contributed by atoms with Crippen LogP contribution in [0.5, 0.6) is 0 Å². The fraction of sp³-hybridized carbons (Fsp3) is 0.609. The first-order valence-corrected chi connectivity index (χ1v) is 11.2. The molecule has 11 nitrogen and oxygen atoms in total. The summed E-state index contributed by atoms with van der Waals surface area (Å²) in [6.45, 7) is 6.46. The molecule has 188 valence electrons. The van der Waals surface area contributed by atoms with Crippen LogP contribution in [0.1, 0.15) is 63.5 Å². The minimum absolute atomic E-state index is 0.0180. The minimum atomic E-state index is -1.65. The number of aliphatic hydroxyl groups is 1. The zero-order valence-electron chi connectivity index (χ0n) is 19.7. The normalized spacial score (nSPS) is 22.8. The van der Waals surface area contributed by atoms with E-state index < -0.39 is 60.8 Å². The van der Waals surface area contributed by atoms with Gasteiger partial charge in [0.2, 0.25) is 0 Å². The third kappa shape index (κ3) is 7.22. The molecule has 1 aromatic rings. The molecule has 1 fully saturated rings. The summed E-state index contributed by atoms with van der Waals surface area (Å²) in [7, 11) is 0. The van der Waals surface area contributed by atoms with Crippen molar-refractivity contribution in [2.75, 3.05) is 6.61 Å². The lowest BCUT2D eigenvalue weighted by molar-refractivity contribution is -0.765. The molecule has 11 heteroatoms. The van der Waals surface area contributed by atoms with E-state index in [0.717, 1.165) is 0 Å². The number of carboxylic acid groups (broad SMARTS) is 1. The summed E-state index contributed by atoms with van der Waals surface area (Å²) in [5, 5.41) is 19.2. The molecule has 0 aliphatic carbocycles. The van der Waals surface area contributed by atoms with Crippen LogP contribution in [0.3, 0.4) is 0 Å². The maximum absolute atomic E-state index is 12.2. The van der Waals surface area contributed by atoms with Gasteiger partial charge < -0.3 is 29.2 Å². The molecular formula is C23H32NO10+. The van der Waals surface area contributed by atoms with E-state index in [-0.39, 0.29) is 18.3 Å². The summed E-state index contributed by atoms with van der Waals surface area (Å²) >= 11 is 0. The van der Waals surface area contributed by atoms with E-state index in [1.165, 1.54) is 29.8 Å². The number of aliphatic hydroxyl groups excluding tert-OH is 1. The topological polar surface area (TPSA) is 150 Å². The number of pyridine rings is 1.